The van der Waals surface area contributed by atoms with Crippen LogP contribution in [0.3, 0.4) is 0 Å². The van der Waals surface area contributed by atoms with Crippen LogP contribution in [0, 0.1) is 0 Å². The topological polar surface area (TPSA) is 42.4 Å². The molecular formula is C20H22N2O. The second-order valence-electron chi connectivity index (χ2n) is 6.47. The van der Waals surface area contributed by atoms with E-state index in [1.54, 1.807) is 0 Å². The molecule has 0 radical (unpaired) electrons. The number of nitrogens with two attached hydrogens (primary N) is 1. The van der Waals surface area contributed by atoms with E-state index in [-0.39, 0.29) is 0 Å². The van der Waals surface area contributed by atoms with Crippen LogP contribution < -0.4 is 5.73 Å². The van der Waals surface area contributed by atoms with E-state index >= 15 is 0 Å². The number of likely N-dealkylation sites (tertiary alicyclic amines) is 1. The lowest BCUT2D eigenvalue weighted by molar-refractivity contribution is 0.192. The first-order chi connectivity index (χ1) is 11.3. The molecule has 0 spiro atoms. The van der Waals surface area contributed by atoms with Crippen molar-refractivity contribution >= 4 is 16.7 Å². The van der Waals surface area contributed by atoms with E-state index in [4.69, 9.17) is 10.2 Å². The second kappa shape index (κ2) is 6.09. The van der Waals surface area contributed by atoms with Gasteiger partial charge in [-0.2, -0.15) is 0 Å². The fourth-order valence-electron chi connectivity index (χ4n) is 3.56. The first-order valence-corrected chi connectivity index (χ1v) is 8.33. The zero-order valence-electron chi connectivity index (χ0n) is 13.2. The monoisotopic (exact) mass is 306 g/mol. The van der Waals surface area contributed by atoms with Gasteiger partial charge in [0.1, 0.15) is 11.3 Å². The quantitative estimate of drug-likeness (QED) is 0.730. The van der Waals surface area contributed by atoms with Crippen molar-refractivity contribution in [2.75, 3.05) is 18.8 Å². The number of anilines is 1. The van der Waals surface area contributed by atoms with Gasteiger partial charge in [0, 0.05) is 11.1 Å². The van der Waals surface area contributed by atoms with Crippen LogP contribution in [-0.2, 0) is 6.54 Å². The summed E-state index contributed by atoms with van der Waals surface area (Å²) in [6, 6.07) is 18.8. The summed E-state index contributed by atoms with van der Waals surface area (Å²) in [5, 5.41) is 1.10. The van der Waals surface area contributed by atoms with Gasteiger partial charge in [-0.1, -0.05) is 30.3 Å². The fourth-order valence-corrected chi connectivity index (χ4v) is 3.56. The fraction of sp³-hybridized carbons (Fsp3) is 0.300. The van der Waals surface area contributed by atoms with Crippen molar-refractivity contribution in [2.45, 2.75) is 25.3 Å². The molecule has 4 rings (SSSR count). The van der Waals surface area contributed by atoms with E-state index in [1.165, 1.54) is 18.4 Å². The van der Waals surface area contributed by atoms with Crippen molar-refractivity contribution in [3.05, 3.63) is 65.9 Å². The zero-order valence-corrected chi connectivity index (χ0v) is 13.2. The van der Waals surface area contributed by atoms with Crippen LogP contribution in [0.1, 0.15) is 30.1 Å². The van der Waals surface area contributed by atoms with E-state index in [0.29, 0.717) is 5.92 Å². The minimum absolute atomic E-state index is 0.697. The van der Waals surface area contributed by atoms with E-state index in [0.717, 1.165) is 42.1 Å². The van der Waals surface area contributed by atoms with Gasteiger partial charge in [0.2, 0.25) is 0 Å². The Bertz CT molecular complexity index is 786. The van der Waals surface area contributed by atoms with Gasteiger partial charge in [-0.25, -0.2) is 0 Å². The number of fused-ring (bicyclic) bond motifs is 1. The molecule has 3 nitrogen and oxygen atoms in total. The largest absolute Gasteiger partial charge is 0.460 e. The Balaban J connectivity index is 1.40. The lowest BCUT2D eigenvalue weighted by Crippen LogP contribution is -2.32. The second-order valence-corrected chi connectivity index (χ2v) is 6.47. The summed E-state index contributed by atoms with van der Waals surface area (Å²) in [5.74, 6) is 1.73. The van der Waals surface area contributed by atoms with Gasteiger partial charge in [-0.15, -0.1) is 0 Å². The summed E-state index contributed by atoms with van der Waals surface area (Å²) in [6.07, 6.45) is 2.44. The molecule has 1 saturated heterocycles. The van der Waals surface area contributed by atoms with Gasteiger partial charge < -0.3 is 10.2 Å². The summed E-state index contributed by atoms with van der Waals surface area (Å²) < 4.78 is 5.94. The number of hydrogen-bond acceptors (Lipinski definition) is 3. The number of furan rings is 1. The van der Waals surface area contributed by atoms with Crippen molar-refractivity contribution in [1.82, 2.24) is 4.90 Å². The van der Waals surface area contributed by atoms with Crippen molar-refractivity contribution in [3.8, 4) is 0 Å². The molecule has 0 atom stereocenters. The molecule has 23 heavy (non-hydrogen) atoms. The SMILES string of the molecule is Nc1ccc2oc(CN3CCC(c4ccccc4)CC3)cc2c1. The highest BCUT2D eigenvalue weighted by molar-refractivity contribution is 5.81. The van der Waals surface area contributed by atoms with Gasteiger partial charge >= 0.3 is 0 Å². The first-order valence-electron chi connectivity index (χ1n) is 8.33. The Labute approximate surface area is 136 Å². The third-order valence-corrected chi connectivity index (χ3v) is 4.83. The lowest BCUT2D eigenvalue weighted by atomic mass is 9.89. The van der Waals surface area contributed by atoms with Gasteiger partial charge in [0.15, 0.2) is 0 Å². The maximum absolute atomic E-state index is 5.94. The molecule has 2 aromatic carbocycles. The van der Waals surface area contributed by atoms with Crippen molar-refractivity contribution in [2.24, 2.45) is 0 Å². The minimum atomic E-state index is 0.697. The van der Waals surface area contributed by atoms with Gasteiger partial charge in [0.05, 0.1) is 6.54 Å². The average molecular weight is 306 g/mol. The Morgan fingerprint density at radius 2 is 1.78 bits per heavy atom. The smallest absolute Gasteiger partial charge is 0.134 e. The number of hydrogen-bond donors (Lipinski definition) is 1. The number of piperidine rings is 1. The molecule has 3 aromatic rings. The van der Waals surface area contributed by atoms with Gasteiger partial charge in [0.25, 0.3) is 0 Å². The molecule has 118 valence electrons. The van der Waals surface area contributed by atoms with Crippen molar-refractivity contribution in [1.29, 1.82) is 0 Å². The Kier molecular flexibility index (Phi) is 3.80. The predicted octanol–water partition coefficient (Wildman–Crippen LogP) is 4.39. The third-order valence-electron chi connectivity index (χ3n) is 4.83. The zero-order chi connectivity index (χ0) is 15.6. The molecule has 1 aliphatic rings. The minimum Gasteiger partial charge on any atom is -0.460 e. The molecule has 0 amide bonds. The summed E-state index contributed by atoms with van der Waals surface area (Å²) in [5.41, 5.74) is 9.02. The normalized spacial score (nSPS) is 16.9. The third kappa shape index (κ3) is 3.10. The van der Waals surface area contributed by atoms with Crippen LogP contribution in [0.25, 0.3) is 11.0 Å². The highest BCUT2D eigenvalue weighted by Crippen LogP contribution is 2.29. The molecule has 1 aliphatic heterocycles. The number of nitrogens with zero attached hydrogens (tertiary/aromatic N) is 1. The predicted molar refractivity (Wildman–Crippen MR) is 94.3 cm³/mol. The first kappa shape index (κ1) is 14.3. The maximum atomic E-state index is 5.94. The van der Waals surface area contributed by atoms with E-state index in [2.05, 4.69) is 41.3 Å². The average Bonchev–Trinajstić information content (AvgIpc) is 2.97. The lowest BCUT2D eigenvalue weighted by Gasteiger charge is -2.31. The standard InChI is InChI=1S/C20H22N2O/c21-18-6-7-20-17(12-18)13-19(23-20)14-22-10-8-16(9-11-22)15-4-2-1-3-5-15/h1-7,12-13,16H,8-11,14,21H2. The summed E-state index contributed by atoms with van der Waals surface area (Å²) in [4.78, 5) is 2.49. The molecule has 3 heteroatoms. The number of rotatable bonds is 3. The highest BCUT2D eigenvalue weighted by atomic mass is 16.3. The van der Waals surface area contributed by atoms with Crippen LogP contribution in [0.5, 0.6) is 0 Å². The molecule has 0 unspecified atom stereocenters. The Morgan fingerprint density at radius 1 is 1.00 bits per heavy atom. The Morgan fingerprint density at radius 3 is 2.57 bits per heavy atom. The number of nitrogen functional groups attached to an aromatic ring is 1. The van der Waals surface area contributed by atoms with E-state index < -0.39 is 0 Å². The summed E-state index contributed by atoms with van der Waals surface area (Å²) >= 11 is 0. The highest BCUT2D eigenvalue weighted by Gasteiger charge is 2.21. The van der Waals surface area contributed by atoms with Crippen LogP contribution in [-0.4, -0.2) is 18.0 Å². The van der Waals surface area contributed by atoms with Crippen molar-refractivity contribution in [3.63, 3.8) is 0 Å². The summed E-state index contributed by atoms with van der Waals surface area (Å²) in [7, 11) is 0. The van der Waals surface area contributed by atoms with E-state index in [9.17, 15) is 0 Å². The number of benzene rings is 2. The molecule has 2 heterocycles. The molecule has 0 aliphatic carbocycles. The van der Waals surface area contributed by atoms with Gasteiger partial charge in [-0.3, -0.25) is 4.90 Å². The van der Waals surface area contributed by atoms with Gasteiger partial charge in [-0.05, 0) is 61.7 Å². The molecule has 1 aromatic heterocycles. The van der Waals surface area contributed by atoms with Crippen LogP contribution in [0.4, 0.5) is 5.69 Å². The molecule has 0 saturated carbocycles. The molecule has 1 fully saturated rings. The molecular weight excluding hydrogens is 284 g/mol. The van der Waals surface area contributed by atoms with Crippen LogP contribution in [0.15, 0.2) is 59.0 Å². The molecule has 2 N–H and O–H groups in total. The Hall–Kier alpha value is -2.26. The van der Waals surface area contributed by atoms with Crippen molar-refractivity contribution < 1.29 is 4.42 Å². The van der Waals surface area contributed by atoms with Crippen LogP contribution in [0.2, 0.25) is 0 Å². The summed E-state index contributed by atoms with van der Waals surface area (Å²) in [6.45, 7) is 3.13. The van der Waals surface area contributed by atoms with Crippen LogP contribution >= 0.6 is 0 Å². The van der Waals surface area contributed by atoms with E-state index in [1.807, 2.05) is 18.2 Å². The molecule has 0 bridgehead atoms. The maximum Gasteiger partial charge on any atom is 0.134 e.